The molecule has 0 N–H and O–H groups in total. The Morgan fingerprint density at radius 3 is 2.00 bits per heavy atom. The zero-order valence-corrected chi connectivity index (χ0v) is 8.61. The molecule has 2 nitrogen and oxygen atoms in total. The first-order valence-corrected chi connectivity index (χ1v) is 2.50. The molecule has 0 aliphatic rings. The van der Waals surface area contributed by atoms with Crippen LogP contribution in [0, 0.1) is 0 Å². The Morgan fingerprint density at radius 2 is 2.00 bits per heavy atom. The molecule has 0 amide bonds. The van der Waals surface area contributed by atoms with E-state index < -0.39 is 16.6 Å². The Morgan fingerprint density at radius 1 is 1.57 bits per heavy atom. The first kappa shape index (κ1) is 15.7. The van der Waals surface area contributed by atoms with E-state index in [1.165, 1.54) is 0 Å². The third kappa shape index (κ3) is 18.8. The average Bonchev–Trinajstić information content (AvgIpc) is 1.41. The molecule has 0 atom stereocenters. The molecular weight excluding hydrogens is 267 g/mol. The third-order valence-corrected chi connectivity index (χ3v) is 0.750. The Kier molecular flexibility index (Phi) is 35.2. The molecule has 0 radical (unpaired) electrons. The summed E-state index contributed by atoms with van der Waals surface area (Å²) in [4.78, 5) is 0. The molecule has 0 heterocycles. The molecule has 0 aromatic heterocycles. The van der Waals surface area contributed by atoms with Crippen molar-refractivity contribution >= 4 is 34.0 Å². The van der Waals surface area contributed by atoms with E-state index in [0.29, 0.717) is 6.61 Å². The number of hydrogen-bond acceptors (Lipinski definition) is 2. The molecule has 0 aliphatic carbocycles. The third-order valence-electron chi connectivity index (χ3n) is 0.182. The van der Waals surface area contributed by atoms with Crippen molar-refractivity contribution in [2.45, 2.75) is 6.92 Å². The van der Waals surface area contributed by atoms with Crippen LogP contribution in [-0.2, 0) is 23.9 Å². The Labute approximate surface area is 71.2 Å². The molecule has 0 saturated carbocycles. The van der Waals surface area contributed by atoms with Crippen LogP contribution in [0.25, 0.3) is 0 Å². The summed E-state index contributed by atoms with van der Waals surface area (Å²) in [5.41, 5.74) is 0. The summed E-state index contributed by atoms with van der Waals surface area (Å²) in [6.45, 7) is 2.39. The van der Waals surface area contributed by atoms with Crippen molar-refractivity contribution in [3.8, 4) is 0 Å². The molecule has 5 heteroatoms. The van der Waals surface area contributed by atoms with Crippen LogP contribution in [-0.4, -0.2) is 6.61 Å². The van der Waals surface area contributed by atoms with Crippen LogP contribution in [0.5, 0.6) is 0 Å². The first-order chi connectivity index (χ1) is 2.41. The summed E-state index contributed by atoms with van der Waals surface area (Å²) in [6.07, 6.45) is 0. The summed E-state index contributed by atoms with van der Waals surface area (Å²) in [5, 5.41) is 0. The summed E-state index contributed by atoms with van der Waals surface area (Å²) in [7, 11) is 0. The molecule has 0 rings (SSSR count). The van der Waals surface area contributed by atoms with Crippen molar-refractivity contribution < 1.29 is 23.9 Å². The molecule has 0 bridgehead atoms. The Bertz CT molecular complexity index is 34.9. The molecule has 0 aromatic carbocycles. The number of hydrogen-bond donors (Lipinski definition) is 0. The van der Waals surface area contributed by atoms with Gasteiger partial charge in [-0.3, -0.25) is 0 Å². The predicted molar refractivity (Wildman–Crippen MR) is 33.0 cm³/mol. The molecule has 0 fully saturated rings. The maximum absolute atomic E-state index is 9.40. The maximum atomic E-state index is 9.40. The molecular formula is C2H7Br2O2V. The van der Waals surface area contributed by atoms with Crippen LogP contribution in [0.2, 0.25) is 0 Å². The summed E-state index contributed by atoms with van der Waals surface area (Å²) in [6, 6.07) is 0. The van der Waals surface area contributed by atoms with Gasteiger partial charge in [0.25, 0.3) is 0 Å². The van der Waals surface area contributed by atoms with Crippen molar-refractivity contribution in [2.24, 2.45) is 0 Å². The molecule has 0 spiro atoms. The van der Waals surface area contributed by atoms with E-state index in [1.807, 2.05) is 6.92 Å². The first-order valence-electron chi connectivity index (χ1n) is 1.36. The van der Waals surface area contributed by atoms with E-state index in [-0.39, 0.29) is 34.0 Å². The van der Waals surface area contributed by atoms with Crippen LogP contribution in [0.3, 0.4) is 0 Å². The average molecular weight is 274 g/mol. The quantitative estimate of drug-likeness (QED) is 0.763. The molecule has 0 aromatic rings. The normalized spacial score (nSPS) is 5.29. The predicted octanol–water partition coefficient (Wildman–Crippen LogP) is 1.52. The summed E-state index contributed by atoms with van der Waals surface area (Å²) in [5.74, 6) is 0. The van der Waals surface area contributed by atoms with Crippen molar-refractivity contribution in [1.29, 1.82) is 0 Å². The van der Waals surface area contributed by atoms with Gasteiger partial charge in [0, 0.05) is 0 Å². The standard InChI is InChI=1S/C2H5O.2BrH.O.V/c1-2-3;;;;/h2H2,1H3;2*1H;;/q-1;;;;+1. The molecule has 0 unspecified atom stereocenters. The van der Waals surface area contributed by atoms with Crippen LogP contribution in [0.1, 0.15) is 6.92 Å². The second-order valence-corrected chi connectivity index (χ2v) is 1.13. The van der Waals surface area contributed by atoms with E-state index in [9.17, 15) is 3.67 Å². The van der Waals surface area contributed by atoms with Gasteiger partial charge < -0.3 is 0 Å². The monoisotopic (exact) mass is 272 g/mol. The summed E-state index contributed by atoms with van der Waals surface area (Å²) < 4.78 is 13.8. The SMILES string of the molecule is Br.Br.CC[O][V]=[O]. The van der Waals surface area contributed by atoms with Crippen molar-refractivity contribution in [2.75, 3.05) is 6.61 Å². The van der Waals surface area contributed by atoms with Gasteiger partial charge in [0.1, 0.15) is 0 Å². The van der Waals surface area contributed by atoms with Gasteiger partial charge >= 0.3 is 37.5 Å². The fraction of sp³-hybridized carbons (Fsp3) is 1.00. The molecule has 0 saturated heterocycles. The van der Waals surface area contributed by atoms with E-state index in [1.54, 1.807) is 0 Å². The number of rotatable bonds is 2. The fourth-order valence-corrected chi connectivity index (χ4v) is 0.217. The van der Waals surface area contributed by atoms with Gasteiger partial charge in [-0.2, -0.15) is 0 Å². The Balaban J connectivity index is -0.0000000800. The minimum absolute atomic E-state index is 0. The van der Waals surface area contributed by atoms with Crippen LogP contribution in [0.15, 0.2) is 0 Å². The molecule has 0 aliphatic heterocycles. The Hall–Kier alpha value is 1.30. The van der Waals surface area contributed by atoms with Crippen LogP contribution in [0.4, 0.5) is 0 Å². The zero-order valence-electron chi connectivity index (χ0n) is 3.79. The van der Waals surface area contributed by atoms with Gasteiger partial charge in [-0.05, 0) is 0 Å². The van der Waals surface area contributed by atoms with E-state index >= 15 is 0 Å². The molecule has 46 valence electrons. The zero-order chi connectivity index (χ0) is 4.12. The fourth-order valence-electron chi connectivity index (χ4n) is 0.0527. The number of halogens is 2. The second-order valence-electron chi connectivity index (χ2n) is 0.492. The van der Waals surface area contributed by atoms with Crippen LogP contribution >= 0.6 is 34.0 Å². The van der Waals surface area contributed by atoms with E-state index in [4.69, 9.17) is 0 Å². The van der Waals surface area contributed by atoms with Crippen molar-refractivity contribution in [1.82, 2.24) is 0 Å². The molecule has 7 heavy (non-hydrogen) atoms. The van der Waals surface area contributed by atoms with Gasteiger partial charge in [-0.1, -0.05) is 0 Å². The second kappa shape index (κ2) is 15.7. The van der Waals surface area contributed by atoms with Gasteiger partial charge in [0.2, 0.25) is 0 Å². The van der Waals surface area contributed by atoms with Gasteiger partial charge in [-0.25, -0.2) is 0 Å². The van der Waals surface area contributed by atoms with Crippen LogP contribution < -0.4 is 0 Å². The van der Waals surface area contributed by atoms with Gasteiger partial charge in [-0.15, -0.1) is 34.0 Å². The van der Waals surface area contributed by atoms with Gasteiger partial charge in [0.05, 0.1) is 0 Å². The minimum atomic E-state index is -1.03. The van der Waals surface area contributed by atoms with E-state index in [0.717, 1.165) is 0 Å². The van der Waals surface area contributed by atoms with E-state index in [2.05, 4.69) is 3.66 Å². The van der Waals surface area contributed by atoms with Gasteiger partial charge in [0.15, 0.2) is 0 Å². The summed E-state index contributed by atoms with van der Waals surface area (Å²) >= 11 is -1.03. The van der Waals surface area contributed by atoms with Crippen molar-refractivity contribution in [3.05, 3.63) is 0 Å². The van der Waals surface area contributed by atoms with Crippen molar-refractivity contribution in [3.63, 3.8) is 0 Å². The topological polar surface area (TPSA) is 26.3 Å².